The number of ether oxygens (including phenoxy) is 1. The maximum atomic E-state index is 12.5. The normalized spacial score (nSPS) is 10.8. The molecule has 0 saturated carbocycles. The van der Waals surface area contributed by atoms with Gasteiger partial charge in [-0.25, -0.2) is 0 Å². The van der Waals surface area contributed by atoms with Crippen LogP contribution in [0.15, 0.2) is 22.6 Å². The predicted molar refractivity (Wildman–Crippen MR) is 97.2 cm³/mol. The van der Waals surface area contributed by atoms with Gasteiger partial charge in [0.2, 0.25) is 11.9 Å². The Labute approximate surface area is 150 Å². The second-order valence-corrected chi connectivity index (χ2v) is 5.91. The summed E-state index contributed by atoms with van der Waals surface area (Å²) < 4.78 is 10.9. The summed E-state index contributed by atoms with van der Waals surface area (Å²) in [5, 5.41) is 3.60. The number of nitrogens with one attached hydrogen (secondary N) is 1. The van der Waals surface area contributed by atoms with Gasteiger partial charge in [0.25, 0.3) is 5.91 Å². The molecule has 0 atom stereocenters. The predicted octanol–water partition coefficient (Wildman–Crippen LogP) is 1.51. The number of hydrogen-bond donors (Lipinski definition) is 2. The Balaban J connectivity index is 1.80. The number of nitrogens with zero attached hydrogens (tertiary/aromatic N) is 4. The number of carbonyl (C=O) groups excluding carboxylic acids is 1. The van der Waals surface area contributed by atoms with Crippen LogP contribution in [-0.2, 0) is 6.54 Å². The highest BCUT2D eigenvalue weighted by molar-refractivity contribution is 5.99. The van der Waals surface area contributed by atoms with Crippen LogP contribution in [0.3, 0.4) is 0 Å². The Kier molecular flexibility index (Phi) is 4.61. The molecule has 0 fully saturated rings. The van der Waals surface area contributed by atoms with E-state index in [0.717, 1.165) is 10.9 Å². The summed E-state index contributed by atoms with van der Waals surface area (Å²) in [4.78, 5) is 26.5. The summed E-state index contributed by atoms with van der Waals surface area (Å²) in [5.74, 6) is 1.43. The molecule has 0 aliphatic heterocycles. The van der Waals surface area contributed by atoms with Crippen molar-refractivity contribution in [2.75, 3.05) is 31.8 Å². The lowest BCUT2D eigenvalue weighted by atomic mass is 10.1. The van der Waals surface area contributed by atoms with Crippen molar-refractivity contribution >= 4 is 28.8 Å². The molecule has 2 heterocycles. The van der Waals surface area contributed by atoms with Crippen molar-refractivity contribution in [1.82, 2.24) is 20.3 Å². The van der Waals surface area contributed by atoms with Gasteiger partial charge in [-0.1, -0.05) is 0 Å². The molecule has 3 aromatic rings. The highest BCUT2D eigenvalue weighted by atomic mass is 16.5. The number of benzene rings is 1. The van der Waals surface area contributed by atoms with Crippen molar-refractivity contribution in [1.29, 1.82) is 0 Å². The van der Waals surface area contributed by atoms with E-state index in [4.69, 9.17) is 14.9 Å². The number of rotatable bonds is 5. The molecule has 0 radical (unpaired) electrons. The highest BCUT2D eigenvalue weighted by Crippen LogP contribution is 2.28. The molecule has 0 unspecified atom stereocenters. The smallest absolute Gasteiger partial charge is 0.287 e. The number of fused-ring (bicyclic) bond motifs is 1. The lowest BCUT2D eigenvalue weighted by Gasteiger charge is -2.11. The number of anilines is 2. The van der Waals surface area contributed by atoms with Crippen LogP contribution in [0.4, 0.5) is 11.9 Å². The lowest BCUT2D eigenvalue weighted by Crippen LogP contribution is -2.25. The summed E-state index contributed by atoms with van der Waals surface area (Å²) >= 11 is 0. The molecule has 2 aromatic heterocycles. The van der Waals surface area contributed by atoms with Crippen molar-refractivity contribution in [3.05, 3.63) is 35.3 Å². The summed E-state index contributed by atoms with van der Waals surface area (Å²) in [6.07, 6.45) is 0. The van der Waals surface area contributed by atoms with E-state index in [1.165, 1.54) is 0 Å². The van der Waals surface area contributed by atoms with Crippen molar-refractivity contribution in [3.8, 4) is 5.75 Å². The van der Waals surface area contributed by atoms with Gasteiger partial charge in [-0.05, 0) is 19.1 Å². The van der Waals surface area contributed by atoms with Gasteiger partial charge in [-0.15, -0.1) is 0 Å². The topological polar surface area (TPSA) is 119 Å². The molecule has 136 valence electrons. The monoisotopic (exact) mass is 356 g/mol. The van der Waals surface area contributed by atoms with E-state index in [-0.39, 0.29) is 24.2 Å². The molecular weight excluding hydrogens is 336 g/mol. The zero-order valence-corrected chi connectivity index (χ0v) is 15.0. The van der Waals surface area contributed by atoms with Crippen molar-refractivity contribution in [2.24, 2.45) is 0 Å². The maximum absolute atomic E-state index is 12.5. The number of nitrogen functional groups attached to an aromatic ring is 1. The second-order valence-electron chi connectivity index (χ2n) is 5.91. The molecule has 3 N–H and O–H groups in total. The lowest BCUT2D eigenvalue weighted by molar-refractivity contribution is 0.0923. The van der Waals surface area contributed by atoms with E-state index in [0.29, 0.717) is 23.1 Å². The zero-order chi connectivity index (χ0) is 18.8. The molecule has 0 spiro atoms. The first-order valence-corrected chi connectivity index (χ1v) is 7.92. The van der Waals surface area contributed by atoms with Crippen LogP contribution in [-0.4, -0.2) is 42.1 Å². The minimum absolute atomic E-state index is 0.0972. The van der Waals surface area contributed by atoms with Gasteiger partial charge in [0.15, 0.2) is 11.6 Å². The van der Waals surface area contributed by atoms with Gasteiger partial charge in [0.05, 0.1) is 13.7 Å². The van der Waals surface area contributed by atoms with Crippen molar-refractivity contribution in [2.45, 2.75) is 13.5 Å². The number of amides is 1. The Hall–Kier alpha value is -3.36. The third kappa shape index (κ3) is 3.37. The Morgan fingerprint density at radius 1 is 1.31 bits per heavy atom. The molecule has 3 rings (SSSR count). The summed E-state index contributed by atoms with van der Waals surface area (Å²) in [6, 6.07) is 5.43. The number of methoxy groups -OCH3 is 1. The first kappa shape index (κ1) is 17.5. The molecule has 9 heteroatoms. The molecule has 1 aromatic carbocycles. The van der Waals surface area contributed by atoms with Crippen molar-refractivity contribution in [3.63, 3.8) is 0 Å². The molecule has 0 bridgehead atoms. The van der Waals surface area contributed by atoms with Crippen LogP contribution in [0.5, 0.6) is 5.75 Å². The Morgan fingerprint density at radius 2 is 2.08 bits per heavy atom. The summed E-state index contributed by atoms with van der Waals surface area (Å²) in [5.41, 5.74) is 7.03. The van der Waals surface area contributed by atoms with Gasteiger partial charge in [0.1, 0.15) is 11.3 Å². The molecule has 0 aliphatic rings. The quantitative estimate of drug-likeness (QED) is 0.706. The largest absolute Gasteiger partial charge is 0.497 e. The van der Waals surface area contributed by atoms with Crippen LogP contribution < -0.4 is 20.7 Å². The minimum Gasteiger partial charge on any atom is -0.497 e. The van der Waals surface area contributed by atoms with Gasteiger partial charge in [-0.2, -0.15) is 15.0 Å². The van der Waals surface area contributed by atoms with Crippen LogP contribution in [0.2, 0.25) is 0 Å². The van der Waals surface area contributed by atoms with Crippen molar-refractivity contribution < 1.29 is 13.9 Å². The molecule has 1 amide bonds. The average Bonchev–Trinajstić information content (AvgIpc) is 2.95. The number of hydrogen-bond acceptors (Lipinski definition) is 8. The Morgan fingerprint density at radius 3 is 2.77 bits per heavy atom. The summed E-state index contributed by atoms with van der Waals surface area (Å²) in [7, 11) is 5.17. The molecule has 9 nitrogen and oxygen atoms in total. The van der Waals surface area contributed by atoms with E-state index < -0.39 is 0 Å². The zero-order valence-electron chi connectivity index (χ0n) is 15.0. The van der Waals surface area contributed by atoms with E-state index in [9.17, 15) is 4.79 Å². The third-order valence-corrected chi connectivity index (χ3v) is 3.85. The fourth-order valence-electron chi connectivity index (χ4n) is 2.49. The minimum atomic E-state index is -0.358. The fourth-order valence-corrected chi connectivity index (χ4v) is 2.49. The van der Waals surface area contributed by atoms with E-state index in [1.54, 1.807) is 32.2 Å². The first-order valence-electron chi connectivity index (χ1n) is 7.92. The standard InChI is InChI=1S/C17H20N6O3/c1-9-11-6-5-10(25-4)7-12(11)26-14(9)15(24)19-8-13-20-16(18)22-17(21-13)23(2)3/h5-7H,8H2,1-4H3,(H,19,24)(H2,18,20,21,22). The van der Waals surface area contributed by atoms with E-state index >= 15 is 0 Å². The first-order chi connectivity index (χ1) is 12.4. The second kappa shape index (κ2) is 6.87. The van der Waals surface area contributed by atoms with Crippen LogP contribution in [0, 0.1) is 6.92 Å². The van der Waals surface area contributed by atoms with E-state index in [2.05, 4.69) is 20.3 Å². The molecular formula is C17H20N6O3. The number of aromatic nitrogens is 3. The SMILES string of the molecule is COc1ccc2c(C)c(C(=O)NCc3nc(N)nc(N(C)C)n3)oc2c1. The maximum Gasteiger partial charge on any atom is 0.287 e. The Bertz CT molecular complexity index is 967. The number of aryl methyl sites for hydroxylation is 1. The highest BCUT2D eigenvalue weighted by Gasteiger charge is 2.18. The fraction of sp³-hybridized carbons (Fsp3) is 0.294. The number of nitrogens with two attached hydrogens (primary N) is 1. The average molecular weight is 356 g/mol. The summed E-state index contributed by atoms with van der Waals surface area (Å²) in [6.45, 7) is 1.94. The number of furan rings is 1. The van der Waals surface area contributed by atoms with Crippen LogP contribution >= 0.6 is 0 Å². The van der Waals surface area contributed by atoms with Gasteiger partial charge >= 0.3 is 0 Å². The molecule has 0 aliphatic carbocycles. The third-order valence-electron chi connectivity index (χ3n) is 3.85. The number of carbonyl (C=O) groups is 1. The van der Waals surface area contributed by atoms with Crippen LogP contribution in [0.25, 0.3) is 11.0 Å². The molecule has 0 saturated heterocycles. The molecule has 26 heavy (non-hydrogen) atoms. The van der Waals surface area contributed by atoms with E-state index in [1.807, 2.05) is 19.1 Å². The van der Waals surface area contributed by atoms with Gasteiger partial charge < -0.3 is 25.1 Å². The van der Waals surface area contributed by atoms with Crippen LogP contribution in [0.1, 0.15) is 21.9 Å². The van der Waals surface area contributed by atoms with Gasteiger partial charge in [-0.3, -0.25) is 4.79 Å². The van der Waals surface area contributed by atoms with Gasteiger partial charge in [0, 0.05) is 31.1 Å².